The van der Waals surface area contributed by atoms with E-state index in [0.717, 1.165) is 6.54 Å². The van der Waals surface area contributed by atoms with Crippen molar-refractivity contribution in [2.75, 3.05) is 19.6 Å². The highest BCUT2D eigenvalue weighted by Gasteiger charge is 2.41. The molecule has 2 nitrogen and oxygen atoms in total. The van der Waals surface area contributed by atoms with Crippen molar-refractivity contribution in [3.05, 3.63) is 0 Å². The van der Waals surface area contributed by atoms with E-state index in [1.807, 2.05) is 0 Å². The van der Waals surface area contributed by atoms with Crippen LogP contribution in [0.25, 0.3) is 0 Å². The second-order valence-corrected chi connectivity index (χ2v) is 4.39. The van der Waals surface area contributed by atoms with Gasteiger partial charge in [0.25, 0.3) is 0 Å². The standard InChI is InChI=1S/C10H22N2/c1-4-10(5-6-11)7-12(8-10)9(2)3/h9H,4-8,11H2,1-3H3. The minimum Gasteiger partial charge on any atom is -0.330 e. The molecule has 0 amide bonds. The Labute approximate surface area is 76.1 Å². The molecule has 1 aliphatic heterocycles. The number of likely N-dealkylation sites (tertiary alicyclic amines) is 1. The number of rotatable bonds is 4. The quantitative estimate of drug-likeness (QED) is 0.692. The average Bonchev–Trinajstić information content (AvgIpc) is 1.95. The van der Waals surface area contributed by atoms with E-state index in [4.69, 9.17) is 5.73 Å². The van der Waals surface area contributed by atoms with Gasteiger partial charge >= 0.3 is 0 Å². The largest absolute Gasteiger partial charge is 0.330 e. The maximum absolute atomic E-state index is 5.60. The Morgan fingerprint density at radius 2 is 2.00 bits per heavy atom. The molecule has 0 aromatic carbocycles. The molecule has 2 heteroatoms. The number of hydrogen-bond acceptors (Lipinski definition) is 2. The summed E-state index contributed by atoms with van der Waals surface area (Å²) in [6, 6.07) is 0.711. The van der Waals surface area contributed by atoms with Crippen LogP contribution in [0.15, 0.2) is 0 Å². The monoisotopic (exact) mass is 170 g/mol. The molecule has 0 saturated carbocycles. The van der Waals surface area contributed by atoms with Gasteiger partial charge in [0, 0.05) is 19.1 Å². The summed E-state index contributed by atoms with van der Waals surface area (Å²) in [5, 5.41) is 0. The Morgan fingerprint density at radius 3 is 2.33 bits per heavy atom. The van der Waals surface area contributed by atoms with E-state index in [1.165, 1.54) is 25.9 Å². The molecular weight excluding hydrogens is 148 g/mol. The molecule has 72 valence electrons. The first kappa shape index (κ1) is 10.0. The fourth-order valence-corrected chi connectivity index (χ4v) is 2.05. The van der Waals surface area contributed by atoms with E-state index in [2.05, 4.69) is 25.7 Å². The summed E-state index contributed by atoms with van der Waals surface area (Å²) in [4.78, 5) is 2.53. The molecule has 0 aliphatic carbocycles. The third-order valence-corrected chi connectivity index (χ3v) is 3.23. The molecule has 0 spiro atoms. The van der Waals surface area contributed by atoms with Crippen LogP contribution >= 0.6 is 0 Å². The Hall–Kier alpha value is -0.0800. The zero-order chi connectivity index (χ0) is 9.19. The first-order chi connectivity index (χ1) is 5.63. The predicted octanol–water partition coefficient (Wildman–Crippen LogP) is 1.46. The van der Waals surface area contributed by atoms with Gasteiger partial charge in [-0.15, -0.1) is 0 Å². The second-order valence-electron chi connectivity index (χ2n) is 4.39. The molecule has 2 N–H and O–H groups in total. The lowest BCUT2D eigenvalue weighted by Gasteiger charge is -2.52. The summed E-state index contributed by atoms with van der Waals surface area (Å²) in [5.74, 6) is 0. The molecule has 0 radical (unpaired) electrons. The Kier molecular flexibility index (Phi) is 3.13. The maximum Gasteiger partial charge on any atom is 0.00536 e. The van der Waals surface area contributed by atoms with Crippen LogP contribution in [0, 0.1) is 5.41 Å². The lowest BCUT2D eigenvalue weighted by molar-refractivity contribution is -0.0288. The molecule has 1 heterocycles. The third-order valence-electron chi connectivity index (χ3n) is 3.23. The molecule has 0 atom stereocenters. The van der Waals surface area contributed by atoms with Crippen LogP contribution in [0.3, 0.4) is 0 Å². The fourth-order valence-electron chi connectivity index (χ4n) is 2.05. The average molecular weight is 170 g/mol. The lowest BCUT2D eigenvalue weighted by atomic mass is 9.74. The van der Waals surface area contributed by atoms with Crippen LogP contribution < -0.4 is 5.73 Å². The van der Waals surface area contributed by atoms with Gasteiger partial charge in [-0.25, -0.2) is 0 Å². The van der Waals surface area contributed by atoms with Crippen molar-refractivity contribution >= 4 is 0 Å². The Balaban J connectivity index is 2.35. The van der Waals surface area contributed by atoms with Gasteiger partial charge in [0.15, 0.2) is 0 Å². The summed E-state index contributed by atoms with van der Waals surface area (Å²) in [5.41, 5.74) is 6.17. The van der Waals surface area contributed by atoms with E-state index in [-0.39, 0.29) is 0 Å². The highest BCUT2D eigenvalue weighted by atomic mass is 15.2. The molecule has 1 fully saturated rings. The van der Waals surface area contributed by atoms with Crippen LogP contribution in [-0.2, 0) is 0 Å². The lowest BCUT2D eigenvalue weighted by Crippen LogP contribution is -2.58. The van der Waals surface area contributed by atoms with Crippen LogP contribution in [-0.4, -0.2) is 30.6 Å². The van der Waals surface area contributed by atoms with Crippen LogP contribution in [0.5, 0.6) is 0 Å². The van der Waals surface area contributed by atoms with Crippen molar-refractivity contribution in [3.8, 4) is 0 Å². The summed E-state index contributed by atoms with van der Waals surface area (Å²) < 4.78 is 0. The predicted molar refractivity (Wildman–Crippen MR) is 53.1 cm³/mol. The van der Waals surface area contributed by atoms with Gasteiger partial charge in [-0.2, -0.15) is 0 Å². The van der Waals surface area contributed by atoms with E-state index >= 15 is 0 Å². The molecular formula is C10H22N2. The number of hydrogen-bond donors (Lipinski definition) is 1. The Morgan fingerprint density at radius 1 is 1.42 bits per heavy atom. The smallest absolute Gasteiger partial charge is 0.00536 e. The molecule has 12 heavy (non-hydrogen) atoms. The van der Waals surface area contributed by atoms with Crippen LogP contribution in [0.1, 0.15) is 33.6 Å². The molecule has 1 rings (SSSR count). The molecule has 0 aromatic rings. The van der Waals surface area contributed by atoms with Crippen LogP contribution in [0.4, 0.5) is 0 Å². The molecule has 1 aliphatic rings. The maximum atomic E-state index is 5.60. The Bertz CT molecular complexity index is 137. The minimum absolute atomic E-state index is 0.568. The highest BCUT2D eigenvalue weighted by Crippen LogP contribution is 2.37. The molecule has 0 bridgehead atoms. The molecule has 0 unspecified atom stereocenters. The van der Waals surface area contributed by atoms with Gasteiger partial charge in [-0.1, -0.05) is 6.92 Å². The first-order valence-corrected chi connectivity index (χ1v) is 5.07. The van der Waals surface area contributed by atoms with Gasteiger partial charge in [0.05, 0.1) is 0 Å². The summed E-state index contributed by atoms with van der Waals surface area (Å²) in [6.07, 6.45) is 2.49. The van der Waals surface area contributed by atoms with Crippen molar-refractivity contribution < 1.29 is 0 Å². The van der Waals surface area contributed by atoms with Crippen molar-refractivity contribution in [1.82, 2.24) is 4.90 Å². The van der Waals surface area contributed by atoms with E-state index in [1.54, 1.807) is 0 Å². The second kappa shape index (κ2) is 3.75. The van der Waals surface area contributed by atoms with Crippen molar-refractivity contribution in [1.29, 1.82) is 0 Å². The molecule has 1 saturated heterocycles. The van der Waals surface area contributed by atoms with Gasteiger partial charge in [-0.05, 0) is 38.6 Å². The van der Waals surface area contributed by atoms with E-state index < -0.39 is 0 Å². The van der Waals surface area contributed by atoms with Crippen molar-refractivity contribution in [2.45, 2.75) is 39.7 Å². The summed E-state index contributed by atoms with van der Waals surface area (Å²) >= 11 is 0. The zero-order valence-electron chi connectivity index (χ0n) is 8.64. The topological polar surface area (TPSA) is 29.3 Å². The summed E-state index contributed by atoms with van der Waals surface area (Å²) in [7, 11) is 0. The van der Waals surface area contributed by atoms with Crippen molar-refractivity contribution in [3.63, 3.8) is 0 Å². The zero-order valence-corrected chi connectivity index (χ0v) is 8.64. The molecule has 0 aromatic heterocycles. The normalized spacial score (nSPS) is 22.8. The van der Waals surface area contributed by atoms with E-state index in [9.17, 15) is 0 Å². The first-order valence-electron chi connectivity index (χ1n) is 5.07. The number of nitrogens with zero attached hydrogens (tertiary/aromatic N) is 1. The minimum atomic E-state index is 0.568. The number of nitrogens with two attached hydrogens (primary N) is 1. The fraction of sp³-hybridized carbons (Fsp3) is 1.00. The highest BCUT2D eigenvalue weighted by molar-refractivity contribution is 4.95. The van der Waals surface area contributed by atoms with Gasteiger partial charge in [0.1, 0.15) is 0 Å². The third kappa shape index (κ3) is 1.80. The summed E-state index contributed by atoms with van der Waals surface area (Å²) in [6.45, 7) is 10.2. The van der Waals surface area contributed by atoms with Gasteiger partial charge in [0.2, 0.25) is 0 Å². The van der Waals surface area contributed by atoms with Crippen LogP contribution in [0.2, 0.25) is 0 Å². The van der Waals surface area contributed by atoms with Crippen molar-refractivity contribution in [2.24, 2.45) is 11.1 Å². The van der Waals surface area contributed by atoms with Gasteiger partial charge < -0.3 is 5.73 Å². The SMILES string of the molecule is CCC1(CCN)CN(C(C)C)C1. The van der Waals surface area contributed by atoms with E-state index in [0.29, 0.717) is 11.5 Å². The van der Waals surface area contributed by atoms with Gasteiger partial charge in [-0.3, -0.25) is 4.90 Å².